The lowest BCUT2D eigenvalue weighted by Gasteiger charge is -2.39. The summed E-state index contributed by atoms with van der Waals surface area (Å²) in [6, 6.07) is 11.3. The molecule has 1 fully saturated rings. The third kappa shape index (κ3) is 4.61. The molecule has 1 aliphatic heterocycles. The van der Waals surface area contributed by atoms with Gasteiger partial charge in [-0.15, -0.1) is 0 Å². The average Bonchev–Trinajstić information content (AvgIpc) is 2.72. The summed E-state index contributed by atoms with van der Waals surface area (Å²) in [4.78, 5) is 12.7. The molecule has 0 saturated carbocycles. The van der Waals surface area contributed by atoms with E-state index in [9.17, 15) is 35.4 Å². The molecule has 1 aliphatic rings. The maximum Gasteiger partial charge on any atom is 0.344 e. The van der Waals surface area contributed by atoms with E-state index in [0.717, 1.165) is 11.6 Å². The number of phenols is 2. The van der Waals surface area contributed by atoms with E-state index in [1.54, 1.807) is 6.08 Å². The molecule has 1 saturated heterocycles. The van der Waals surface area contributed by atoms with Crippen molar-refractivity contribution in [1.29, 1.82) is 0 Å². The van der Waals surface area contributed by atoms with Crippen LogP contribution >= 0.6 is 0 Å². The molecule has 0 unspecified atom stereocenters. The predicted molar refractivity (Wildman–Crippen MR) is 104 cm³/mol. The largest absolute Gasteiger partial charge is 0.508 e. The van der Waals surface area contributed by atoms with Gasteiger partial charge in [0.05, 0.1) is 6.61 Å². The Balaban J connectivity index is 1.87. The van der Waals surface area contributed by atoms with Crippen LogP contribution in [0.1, 0.15) is 21.5 Å². The zero-order valence-corrected chi connectivity index (χ0v) is 15.7. The van der Waals surface area contributed by atoms with Crippen LogP contribution in [0.25, 0.3) is 12.2 Å². The van der Waals surface area contributed by atoms with Gasteiger partial charge in [0.15, 0.2) is 0 Å². The third-order valence-corrected chi connectivity index (χ3v) is 4.66. The van der Waals surface area contributed by atoms with Gasteiger partial charge in [-0.05, 0) is 17.2 Å². The summed E-state index contributed by atoms with van der Waals surface area (Å²) in [5.41, 5.74) is 0.622. The van der Waals surface area contributed by atoms with Gasteiger partial charge < -0.3 is 40.1 Å². The molecule has 9 nitrogen and oxygen atoms in total. The van der Waals surface area contributed by atoms with Gasteiger partial charge in [-0.25, -0.2) is 4.79 Å². The van der Waals surface area contributed by atoms with Crippen LogP contribution < -0.4 is 0 Å². The third-order valence-electron chi connectivity index (χ3n) is 4.66. The van der Waals surface area contributed by atoms with Gasteiger partial charge in [-0.3, -0.25) is 0 Å². The molecule has 9 heteroatoms. The van der Waals surface area contributed by atoms with Crippen molar-refractivity contribution in [3.05, 3.63) is 59.2 Å². The lowest BCUT2D eigenvalue weighted by atomic mass is 9.99. The van der Waals surface area contributed by atoms with Crippen LogP contribution in [0.15, 0.2) is 42.5 Å². The molecule has 0 radical (unpaired) electrons. The Morgan fingerprint density at radius 2 is 1.70 bits per heavy atom. The number of benzene rings is 2. The van der Waals surface area contributed by atoms with Crippen molar-refractivity contribution in [2.45, 2.75) is 30.7 Å². The molecular weight excluding hydrogens is 396 g/mol. The lowest BCUT2D eigenvalue weighted by Crippen LogP contribution is -2.59. The van der Waals surface area contributed by atoms with E-state index in [-0.39, 0.29) is 16.9 Å². The minimum absolute atomic E-state index is 0.131. The molecule has 5 atom stereocenters. The second-order valence-corrected chi connectivity index (χ2v) is 6.78. The molecule has 1 heterocycles. The molecule has 0 spiro atoms. The normalized spacial score (nSPS) is 26.6. The number of aromatic hydroxyl groups is 2. The first kappa shape index (κ1) is 21.8. The Bertz CT molecular complexity index is 910. The number of carbonyl (C=O) groups excluding carboxylic acids is 1. The fourth-order valence-electron chi connectivity index (χ4n) is 3.07. The van der Waals surface area contributed by atoms with Crippen molar-refractivity contribution in [1.82, 2.24) is 0 Å². The van der Waals surface area contributed by atoms with Crippen LogP contribution in [0, 0.1) is 0 Å². The zero-order valence-electron chi connectivity index (χ0n) is 15.7. The van der Waals surface area contributed by atoms with Gasteiger partial charge >= 0.3 is 5.97 Å². The highest BCUT2D eigenvalue weighted by atomic mass is 16.7. The first-order valence-corrected chi connectivity index (χ1v) is 9.12. The summed E-state index contributed by atoms with van der Waals surface area (Å²) in [7, 11) is 0. The van der Waals surface area contributed by atoms with Crippen LogP contribution in [0.2, 0.25) is 0 Å². The second-order valence-electron chi connectivity index (χ2n) is 6.78. The van der Waals surface area contributed by atoms with E-state index in [2.05, 4.69) is 0 Å². The lowest BCUT2D eigenvalue weighted by molar-refractivity contribution is -0.285. The van der Waals surface area contributed by atoms with Crippen LogP contribution in [-0.4, -0.2) is 73.9 Å². The fraction of sp³-hybridized carbons (Fsp3) is 0.286. The molecule has 0 bridgehead atoms. The van der Waals surface area contributed by atoms with Crippen LogP contribution in [0.4, 0.5) is 0 Å². The molecule has 3 rings (SSSR count). The van der Waals surface area contributed by atoms with Crippen LogP contribution in [0.5, 0.6) is 11.5 Å². The quantitative estimate of drug-likeness (QED) is 0.295. The van der Waals surface area contributed by atoms with Gasteiger partial charge in [0.25, 0.3) is 0 Å². The SMILES string of the molecule is O=C(O[C@@H]1O[C@H](CO)[C@@H](O)[C@H](O)[C@H]1O)c1c(O)cc(O)cc1/C=C/c1ccccc1. The second kappa shape index (κ2) is 9.24. The van der Waals surface area contributed by atoms with E-state index in [4.69, 9.17) is 9.47 Å². The molecule has 2 aromatic rings. The summed E-state index contributed by atoms with van der Waals surface area (Å²) in [6.45, 7) is -0.686. The number of aliphatic hydroxyl groups excluding tert-OH is 4. The van der Waals surface area contributed by atoms with Crippen molar-refractivity contribution >= 4 is 18.1 Å². The Hall–Kier alpha value is -2.95. The molecule has 6 N–H and O–H groups in total. The van der Waals surface area contributed by atoms with E-state index in [0.29, 0.717) is 0 Å². The Morgan fingerprint density at radius 1 is 1.00 bits per heavy atom. The molecule has 160 valence electrons. The van der Waals surface area contributed by atoms with Crippen molar-refractivity contribution in [3.8, 4) is 11.5 Å². The van der Waals surface area contributed by atoms with Gasteiger partial charge in [-0.2, -0.15) is 0 Å². The monoisotopic (exact) mass is 418 g/mol. The highest BCUT2D eigenvalue weighted by Gasteiger charge is 2.45. The molecule has 0 aliphatic carbocycles. The first-order valence-electron chi connectivity index (χ1n) is 9.12. The molecule has 0 amide bonds. The highest BCUT2D eigenvalue weighted by molar-refractivity contribution is 5.98. The Morgan fingerprint density at radius 3 is 2.37 bits per heavy atom. The van der Waals surface area contributed by atoms with Crippen LogP contribution in [-0.2, 0) is 9.47 Å². The minimum atomic E-state index is -1.78. The van der Waals surface area contributed by atoms with Gasteiger partial charge in [0.2, 0.25) is 6.29 Å². The number of carbonyl (C=O) groups is 1. The number of rotatable bonds is 5. The van der Waals surface area contributed by atoms with E-state index >= 15 is 0 Å². The Labute approximate surface area is 171 Å². The molecule has 30 heavy (non-hydrogen) atoms. The van der Waals surface area contributed by atoms with Crippen molar-refractivity contribution < 1.29 is 44.9 Å². The van der Waals surface area contributed by atoms with Crippen molar-refractivity contribution in [3.63, 3.8) is 0 Å². The fourth-order valence-corrected chi connectivity index (χ4v) is 3.07. The number of hydrogen-bond acceptors (Lipinski definition) is 9. The summed E-state index contributed by atoms with van der Waals surface area (Å²) in [5, 5.41) is 58.9. The number of hydrogen-bond donors (Lipinski definition) is 6. The maximum absolute atomic E-state index is 12.7. The average molecular weight is 418 g/mol. The van der Waals surface area contributed by atoms with E-state index in [1.165, 1.54) is 12.1 Å². The smallest absolute Gasteiger partial charge is 0.344 e. The van der Waals surface area contributed by atoms with Crippen molar-refractivity contribution in [2.24, 2.45) is 0 Å². The standard InChI is InChI=1S/C21H22O9/c22-10-15-17(25)18(26)19(27)21(29-15)30-20(28)16-12(8-13(23)9-14(16)24)7-6-11-4-2-1-3-5-11/h1-9,15,17-19,21-27H,10H2/b7-6+/t15-,17-,18+,19-,21+/m1/s1. The van der Waals surface area contributed by atoms with Gasteiger partial charge in [0, 0.05) is 6.07 Å². The van der Waals surface area contributed by atoms with Gasteiger partial charge in [-0.1, -0.05) is 42.5 Å². The zero-order chi connectivity index (χ0) is 21.8. The summed E-state index contributed by atoms with van der Waals surface area (Å²) in [5.74, 6) is -1.97. The topological polar surface area (TPSA) is 157 Å². The summed E-state index contributed by atoms with van der Waals surface area (Å²) in [6.07, 6.45) is -4.93. The summed E-state index contributed by atoms with van der Waals surface area (Å²) >= 11 is 0. The van der Waals surface area contributed by atoms with E-state index in [1.807, 2.05) is 30.3 Å². The highest BCUT2D eigenvalue weighted by Crippen LogP contribution is 2.31. The number of esters is 1. The van der Waals surface area contributed by atoms with Crippen LogP contribution in [0.3, 0.4) is 0 Å². The minimum Gasteiger partial charge on any atom is -0.508 e. The Kier molecular flexibility index (Phi) is 6.70. The number of ether oxygens (including phenoxy) is 2. The van der Waals surface area contributed by atoms with E-state index < -0.39 is 49.0 Å². The number of aliphatic hydroxyl groups is 4. The molecule has 0 aromatic heterocycles. The maximum atomic E-state index is 12.7. The predicted octanol–water partition coefficient (Wildman–Crippen LogP) is 0.225. The van der Waals surface area contributed by atoms with Gasteiger partial charge in [0.1, 0.15) is 41.5 Å². The molecular formula is C21H22O9. The molecule has 2 aromatic carbocycles. The first-order chi connectivity index (χ1) is 14.3. The summed E-state index contributed by atoms with van der Waals surface area (Å²) < 4.78 is 10.2. The van der Waals surface area contributed by atoms with Crippen molar-refractivity contribution in [2.75, 3.05) is 6.61 Å². The number of phenolic OH excluding ortho intramolecular Hbond substituents is 2.